The van der Waals surface area contributed by atoms with Gasteiger partial charge in [0.2, 0.25) is 0 Å². The Labute approximate surface area is 116 Å². The van der Waals surface area contributed by atoms with E-state index in [0.717, 1.165) is 17.2 Å². The monoisotopic (exact) mass is 278 g/mol. The van der Waals surface area contributed by atoms with Crippen molar-refractivity contribution in [3.63, 3.8) is 0 Å². The van der Waals surface area contributed by atoms with Crippen LogP contribution < -0.4 is 10.9 Å². The van der Waals surface area contributed by atoms with E-state index >= 15 is 0 Å². The van der Waals surface area contributed by atoms with E-state index in [0.29, 0.717) is 17.3 Å². The SMILES string of the molecule is CCC(C)Nc1nc(-c2cc(C)nn(C)c2=O)cs1. The van der Waals surface area contributed by atoms with Gasteiger partial charge in [-0.25, -0.2) is 9.67 Å². The van der Waals surface area contributed by atoms with Crippen LogP contribution in [0.2, 0.25) is 0 Å². The molecule has 0 saturated heterocycles. The number of rotatable bonds is 4. The number of thiazole rings is 1. The van der Waals surface area contributed by atoms with Gasteiger partial charge in [-0.05, 0) is 26.3 Å². The molecule has 0 spiro atoms. The average Bonchev–Trinajstić information content (AvgIpc) is 2.81. The van der Waals surface area contributed by atoms with Gasteiger partial charge in [-0.1, -0.05) is 6.92 Å². The van der Waals surface area contributed by atoms with E-state index in [1.807, 2.05) is 12.3 Å². The van der Waals surface area contributed by atoms with Crippen molar-refractivity contribution in [3.8, 4) is 11.3 Å². The maximum absolute atomic E-state index is 12.1. The number of nitrogens with zero attached hydrogens (tertiary/aromatic N) is 3. The Balaban J connectivity index is 2.36. The topological polar surface area (TPSA) is 59.8 Å². The molecule has 2 aromatic rings. The number of hydrogen-bond donors (Lipinski definition) is 1. The molecule has 1 atom stereocenters. The van der Waals surface area contributed by atoms with Crippen LogP contribution >= 0.6 is 11.3 Å². The molecule has 0 radical (unpaired) electrons. The Hall–Kier alpha value is -1.69. The molecule has 1 N–H and O–H groups in total. The van der Waals surface area contributed by atoms with E-state index in [4.69, 9.17) is 0 Å². The molecule has 102 valence electrons. The summed E-state index contributed by atoms with van der Waals surface area (Å²) in [4.78, 5) is 16.5. The standard InChI is InChI=1S/C13H18N4OS/c1-5-8(2)14-13-15-11(7-19-13)10-6-9(3)16-17(4)12(10)18/h6-8H,5H2,1-4H3,(H,14,15). The first-order valence-corrected chi connectivity index (χ1v) is 7.16. The van der Waals surface area contributed by atoms with Crippen molar-refractivity contribution in [2.45, 2.75) is 33.2 Å². The molecule has 0 bridgehead atoms. The smallest absolute Gasteiger partial charge is 0.275 e. The number of aryl methyl sites for hydroxylation is 2. The van der Waals surface area contributed by atoms with Gasteiger partial charge in [-0.2, -0.15) is 5.10 Å². The van der Waals surface area contributed by atoms with Crippen LogP contribution in [0.1, 0.15) is 26.0 Å². The summed E-state index contributed by atoms with van der Waals surface area (Å²) in [6, 6.07) is 2.16. The summed E-state index contributed by atoms with van der Waals surface area (Å²) in [5, 5.41) is 10.2. The predicted molar refractivity (Wildman–Crippen MR) is 78.7 cm³/mol. The first kappa shape index (κ1) is 13.7. The normalized spacial score (nSPS) is 12.4. The van der Waals surface area contributed by atoms with Gasteiger partial charge in [0.25, 0.3) is 5.56 Å². The lowest BCUT2D eigenvalue weighted by Crippen LogP contribution is -2.22. The van der Waals surface area contributed by atoms with Crippen molar-refractivity contribution < 1.29 is 0 Å². The van der Waals surface area contributed by atoms with E-state index in [1.165, 1.54) is 16.0 Å². The Kier molecular flexibility index (Phi) is 3.99. The highest BCUT2D eigenvalue weighted by Gasteiger charge is 2.11. The zero-order valence-electron chi connectivity index (χ0n) is 11.6. The van der Waals surface area contributed by atoms with Gasteiger partial charge in [0.15, 0.2) is 5.13 Å². The molecule has 0 aromatic carbocycles. The molecule has 0 saturated carbocycles. The van der Waals surface area contributed by atoms with Gasteiger partial charge in [-0.15, -0.1) is 11.3 Å². The maximum Gasteiger partial charge on any atom is 0.275 e. The zero-order valence-corrected chi connectivity index (χ0v) is 12.4. The largest absolute Gasteiger partial charge is 0.359 e. The second-order valence-corrected chi connectivity index (χ2v) is 5.48. The Morgan fingerprint density at radius 2 is 2.26 bits per heavy atom. The van der Waals surface area contributed by atoms with Crippen molar-refractivity contribution >= 4 is 16.5 Å². The lowest BCUT2D eigenvalue weighted by atomic mass is 10.2. The number of aromatic nitrogens is 3. The van der Waals surface area contributed by atoms with Crippen LogP contribution in [0.3, 0.4) is 0 Å². The van der Waals surface area contributed by atoms with Crippen LogP contribution in [0.5, 0.6) is 0 Å². The molecule has 0 aliphatic rings. The molecule has 5 nitrogen and oxygen atoms in total. The first-order chi connectivity index (χ1) is 9.01. The molecule has 1 unspecified atom stereocenters. The maximum atomic E-state index is 12.1. The predicted octanol–water partition coefficient (Wildman–Crippen LogP) is 2.42. The average molecular weight is 278 g/mol. The lowest BCUT2D eigenvalue weighted by molar-refractivity contribution is 0.694. The molecule has 2 heterocycles. The fraction of sp³-hybridized carbons (Fsp3) is 0.462. The Morgan fingerprint density at radius 3 is 2.95 bits per heavy atom. The first-order valence-electron chi connectivity index (χ1n) is 6.28. The molecule has 0 fully saturated rings. The highest BCUT2D eigenvalue weighted by atomic mass is 32.1. The Bertz CT molecular complexity index is 632. The number of nitrogens with one attached hydrogen (secondary N) is 1. The molecule has 2 rings (SSSR count). The summed E-state index contributed by atoms with van der Waals surface area (Å²) < 4.78 is 1.35. The summed E-state index contributed by atoms with van der Waals surface area (Å²) >= 11 is 1.52. The summed E-state index contributed by atoms with van der Waals surface area (Å²) in [5.41, 5.74) is 2.00. The second-order valence-electron chi connectivity index (χ2n) is 4.62. The quantitative estimate of drug-likeness (QED) is 0.933. The molecular formula is C13H18N4OS. The molecule has 2 aromatic heterocycles. The Morgan fingerprint density at radius 1 is 1.53 bits per heavy atom. The minimum absolute atomic E-state index is 0.119. The molecule has 0 aliphatic carbocycles. The van der Waals surface area contributed by atoms with Gasteiger partial charge in [0.05, 0.1) is 17.0 Å². The summed E-state index contributed by atoms with van der Waals surface area (Å²) in [5.74, 6) is 0. The fourth-order valence-corrected chi connectivity index (χ4v) is 2.54. The molecule has 0 amide bonds. The third-order valence-corrected chi connectivity index (χ3v) is 3.72. The highest BCUT2D eigenvalue weighted by Crippen LogP contribution is 2.23. The lowest BCUT2D eigenvalue weighted by Gasteiger charge is -2.08. The minimum Gasteiger partial charge on any atom is -0.359 e. The van der Waals surface area contributed by atoms with Crippen LogP contribution in [0, 0.1) is 6.92 Å². The summed E-state index contributed by atoms with van der Waals surface area (Å²) in [6.07, 6.45) is 1.03. The molecular weight excluding hydrogens is 260 g/mol. The third kappa shape index (κ3) is 3.01. The van der Waals surface area contributed by atoms with Crippen molar-refractivity contribution in [2.75, 3.05) is 5.32 Å². The minimum atomic E-state index is -0.119. The van der Waals surface area contributed by atoms with E-state index in [-0.39, 0.29) is 5.56 Å². The summed E-state index contributed by atoms with van der Waals surface area (Å²) in [6.45, 7) is 6.10. The van der Waals surface area contributed by atoms with Crippen LogP contribution in [0.25, 0.3) is 11.3 Å². The van der Waals surface area contributed by atoms with Crippen molar-refractivity contribution in [3.05, 3.63) is 27.5 Å². The van der Waals surface area contributed by atoms with Crippen molar-refractivity contribution in [2.24, 2.45) is 7.05 Å². The second kappa shape index (κ2) is 5.52. The fourth-order valence-electron chi connectivity index (χ4n) is 1.72. The number of anilines is 1. The third-order valence-electron chi connectivity index (χ3n) is 2.95. The van der Waals surface area contributed by atoms with E-state index in [9.17, 15) is 4.79 Å². The van der Waals surface area contributed by atoms with Gasteiger partial charge >= 0.3 is 0 Å². The van der Waals surface area contributed by atoms with Crippen LogP contribution in [-0.2, 0) is 7.05 Å². The van der Waals surface area contributed by atoms with Gasteiger partial charge < -0.3 is 5.32 Å². The van der Waals surface area contributed by atoms with Crippen LogP contribution in [0.4, 0.5) is 5.13 Å². The van der Waals surface area contributed by atoms with Crippen LogP contribution in [-0.4, -0.2) is 20.8 Å². The van der Waals surface area contributed by atoms with Crippen LogP contribution in [0.15, 0.2) is 16.2 Å². The van der Waals surface area contributed by atoms with E-state index < -0.39 is 0 Å². The van der Waals surface area contributed by atoms with E-state index in [1.54, 1.807) is 13.1 Å². The zero-order chi connectivity index (χ0) is 14.0. The van der Waals surface area contributed by atoms with E-state index in [2.05, 4.69) is 29.2 Å². The van der Waals surface area contributed by atoms with Crippen molar-refractivity contribution in [1.29, 1.82) is 0 Å². The highest BCUT2D eigenvalue weighted by molar-refractivity contribution is 7.14. The summed E-state index contributed by atoms with van der Waals surface area (Å²) in [7, 11) is 1.66. The van der Waals surface area contributed by atoms with Gasteiger partial charge in [0, 0.05) is 18.5 Å². The van der Waals surface area contributed by atoms with Gasteiger partial charge in [-0.3, -0.25) is 4.79 Å². The molecule has 6 heteroatoms. The number of hydrogen-bond acceptors (Lipinski definition) is 5. The van der Waals surface area contributed by atoms with Gasteiger partial charge in [0.1, 0.15) is 0 Å². The van der Waals surface area contributed by atoms with Crippen molar-refractivity contribution in [1.82, 2.24) is 14.8 Å². The molecule has 19 heavy (non-hydrogen) atoms. The molecule has 0 aliphatic heterocycles.